The fraction of sp³-hybridized carbons (Fsp3) is 0. The molecular weight excluding hydrogens is 467 g/mol. The van der Waals surface area contributed by atoms with Crippen LogP contribution in [0.15, 0.2) is 58.3 Å². The van der Waals surface area contributed by atoms with Crippen molar-refractivity contribution in [2.75, 3.05) is 0 Å². The third kappa shape index (κ3) is 4.52. The van der Waals surface area contributed by atoms with Gasteiger partial charge >= 0.3 is 6.95 Å². The summed E-state index contributed by atoms with van der Waals surface area (Å²) in [5.41, 5.74) is 0. The summed E-state index contributed by atoms with van der Waals surface area (Å²) in [6.45, 7) is -4.17. The molecule has 0 unspecified atom stereocenters. The maximum Gasteiger partial charge on any atom is 0.419 e. The highest BCUT2D eigenvalue weighted by molar-refractivity contribution is 7.89. The first-order chi connectivity index (χ1) is 13.2. The molecule has 0 saturated heterocycles. The Labute approximate surface area is 169 Å². The van der Waals surface area contributed by atoms with Crippen molar-refractivity contribution >= 4 is 70.7 Å². The smallest absolute Gasteiger partial charge is 0.313 e. The summed E-state index contributed by atoms with van der Waals surface area (Å²) in [6, 6.07) is 13.1. The normalized spacial score (nSPS) is 13.0. The molecule has 0 aliphatic rings. The van der Waals surface area contributed by atoms with E-state index in [0.29, 0.717) is 10.8 Å². The van der Waals surface area contributed by atoms with Gasteiger partial charge in [0.1, 0.15) is 9.79 Å². The second-order valence-corrected chi connectivity index (χ2v) is 11.0. The van der Waals surface area contributed by atoms with Gasteiger partial charge in [-0.05, 0) is 33.0 Å². The lowest BCUT2D eigenvalue weighted by molar-refractivity contribution is 0.395. The van der Waals surface area contributed by atoms with Gasteiger partial charge < -0.3 is 9.79 Å². The molecule has 0 aliphatic heterocycles. The average Bonchev–Trinajstić information content (AvgIpc) is 2.55. The van der Waals surface area contributed by atoms with Crippen molar-refractivity contribution < 1.29 is 40.3 Å². The van der Waals surface area contributed by atoms with Gasteiger partial charge in [-0.2, -0.15) is 16.8 Å². The summed E-state index contributed by atoms with van der Waals surface area (Å²) < 4.78 is 75.0. The Morgan fingerprint density at radius 1 is 0.759 bits per heavy atom. The molecule has 9 nitrogen and oxygen atoms in total. The Kier molecular flexibility index (Phi) is 5.39. The zero-order valence-electron chi connectivity index (χ0n) is 14.1. The Balaban J connectivity index is 0.000000431. The Hall–Kier alpha value is -1.82. The first-order valence-electron chi connectivity index (χ1n) is 7.58. The van der Waals surface area contributed by atoms with Crippen LogP contribution in [0.25, 0.3) is 32.3 Å². The van der Waals surface area contributed by atoms with Crippen LogP contribution < -0.4 is 0 Å². The lowest BCUT2D eigenvalue weighted by Crippen LogP contribution is -2.09. The van der Waals surface area contributed by atoms with Crippen molar-refractivity contribution in [2.24, 2.45) is 0 Å². The Morgan fingerprint density at radius 3 is 1.72 bits per heavy atom. The molecular formula is C16H12ClO9PS2. The van der Waals surface area contributed by atoms with E-state index in [4.69, 9.17) is 14.4 Å². The summed E-state index contributed by atoms with van der Waals surface area (Å²) in [5.74, 6) is 0. The van der Waals surface area contributed by atoms with E-state index in [0.717, 1.165) is 22.2 Å². The summed E-state index contributed by atoms with van der Waals surface area (Å²) in [5, 5.41) is 3.49. The van der Waals surface area contributed by atoms with Crippen molar-refractivity contribution in [3.63, 3.8) is 0 Å². The van der Waals surface area contributed by atoms with E-state index in [1.807, 2.05) is 18.2 Å². The molecule has 0 fully saturated rings. The van der Waals surface area contributed by atoms with Crippen LogP contribution >= 0.6 is 18.2 Å². The van der Waals surface area contributed by atoms with Crippen molar-refractivity contribution in [1.29, 1.82) is 0 Å². The molecule has 0 amide bonds. The third-order valence-electron chi connectivity index (χ3n) is 4.10. The maximum absolute atomic E-state index is 11.8. The molecule has 4 aromatic rings. The Morgan fingerprint density at radius 2 is 1.24 bits per heavy atom. The second kappa shape index (κ2) is 7.15. The van der Waals surface area contributed by atoms with Crippen LogP contribution in [-0.4, -0.2) is 35.7 Å². The highest BCUT2D eigenvalue weighted by Crippen LogP contribution is 2.40. The van der Waals surface area contributed by atoms with Crippen LogP contribution in [-0.2, 0) is 24.8 Å². The molecule has 4 rings (SSSR count). The molecule has 0 saturated carbocycles. The summed E-state index contributed by atoms with van der Waals surface area (Å²) in [7, 11) is -9.73. The molecule has 0 spiro atoms. The quantitative estimate of drug-likeness (QED) is 0.192. The highest BCUT2D eigenvalue weighted by atomic mass is 35.7. The van der Waals surface area contributed by atoms with Gasteiger partial charge in [-0.1, -0.05) is 42.5 Å². The van der Waals surface area contributed by atoms with Gasteiger partial charge in [0.2, 0.25) is 0 Å². The van der Waals surface area contributed by atoms with Crippen LogP contribution in [0.2, 0.25) is 0 Å². The predicted molar refractivity (Wildman–Crippen MR) is 108 cm³/mol. The van der Waals surface area contributed by atoms with Crippen molar-refractivity contribution in [2.45, 2.75) is 9.79 Å². The van der Waals surface area contributed by atoms with Crippen LogP contribution in [0.4, 0.5) is 0 Å². The molecule has 154 valence electrons. The van der Waals surface area contributed by atoms with Crippen molar-refractivity contribution in [3.05, 3.63) is 48.5 Å². The minimum Gasteiger partial charge on any atom is -0.313 e. The zero-order valence-corrected chi connectivity index (χ0v) is 17.4. The first-order valence-corrected chi connectivity index (χ1v) is 13.0. The number of halogens is 1. The van der Waals surface area contributed by atoms with E-state index in [1.165, 1.54) is 6.07 Å². The van der Waals surface area contributed by atoms with E-state index >= 15 is 0 Å². The molecule has 0 radical (unpaired) electrons. The second-order valence-electron chi connectivity index (χ2n) is 5.98. The first kappa shape index (κ1) is 21.9. The maximum atomic E-state index is 11.8. The topological polar surface area (TPSA) is 166 Å². The lowest BCUT2D eigenvalue weighted by Gasteiger charge is -2.15. The summed E-state index contributed by atoms with van der Waals surface area (Å²) >= 11 is 4.20. The summed E-state index contributed by atoms with van der Waals surface area (Å²) in [4.78, 5) is 13.1. The van der Waals surface area contributed by atoms with E-state index in [2.05, 4.69) is 11.2 Å². The van der Waals surface area contributed by atoms with Crippen LogP contribution in [0, 0.1) is 0 Å². The van der Waals surface area contributed by atoms with Gasteiger partial charge in [0.05, 0.1) is 0 Å². The van der Waals surface area contributed by atoms with E-state index in [1.54, 1.807) is 18.2 Å². The molecule has 4 aromatic carbocycles. The van der Waals surface area contributed by atoms with E-state index in [-0.39, 0.29) is 5.39 Å². The van der Waals surface area contributed by atoms with Crippen molar-refractivity contribution in [3.8, 4) is 0 Å². The average molecular weight is 479 g/mol. The van der Waals surface area contributed by atoms with Gasteiger partial charge in [-0.3, -0.25) is 9.11 Å². The molecule has 29 heavy (non-hydrogen) atoms. The number of benzene rings is 4. The molecule has 13 heteroatoms. The van der Waals surface area contributed by atoms with Gasteiger partial charge in [0.25, 0.3) is 20.2 Å². The molecule has 0 atom stereocenters. The molecule has 0 aromatic heterocycles. The monoisotopic (exact) mass is 478 g/mol. The molecule has 0 aliphatic carbocycles. The number of hydrogen-bond acceptors (Lipinski definition) is 5. The molecule has 0 bridgehead atoms. The van der Waals surface area contributed by atoms with Gasteiger partial charge in [-0.15, -0.1) is 0 Å². The minimum atomic E-state index is -4.88. The largest absolute Gasteiger partial charge is 0.419 e. The SMILES string of the molecule is O=P(O)(O)Cl.O=S(=O)(O)c1cc2ccc3cccc4ccc(c1S(=O)(=O)O)c2c34. The fourth-order valence-electron chi connectivity index (χ4n) is 3.22. The summed E-state index contributed by atoms with van der Waals surface area (Å²) in [6.07, 6.45) is 0. The third-order valence-corrected chi connectivity index (χ3v) is 6.06. The number of hydrogen-bond donors (Lipinski definition) is 4. The van der Waals surface area contributed by atoms with Gasteiger partial charge in [0, 0.05) is 16.6 Å². The van der Waals surface area contributed by atoms with Gasteiger partial charge in [0.15, 0.2) is 0 Å². The van der Waals surface area contributed by atoms with Crippen molar-refractivity contribution in [1.82, 2.24) is 0 Å². The highest BCUT2D eigenvalue weighted by Gasteiger charge is 2.28. The standard InChI is InChI=1S/C16H10O6S2.ClH2O3P/c17-23(18,19)13-8-11-5-4-9-2-1-3-10-6-7-12(15(11)14(9)10)16(13)24(20,21)22;1-5(2,3)4/h1-8H,(H,17,18,19)(H,20,21,22);(H2,2,3,4). The van der Waals surface area contributed by atoms with Crippen LogP contribution in [0.3, 0.4) is 0 Å². The van der Waals surface area contributed by atoms with Gasteiger partial charge in [-0.25, -0.2) is 4.57 Å². The predicted octanol–water partition coefficient (Wildman–Crippen LogP) is 3.40. The van der Waals surface area contributed by atoms with E-state index in [9.17, 15) is 25.9 Å². The minimum absolute atomic E-state index is 0.0481. The van der Waals surface area contributed by atoms with E-state index < -0.39 is 37.0 Å². The Bertz CT molecular complexity index is 1480. The van der Waals surface area contributed by atoms with Crippen LogP contribution in [0.1, 0.15) is 0 Å². The fourth-order valence-corrected chi connectivity index (χ4v) is 5.23. The van der Waals surface area contributed by atoms with Crippen LogP contribution in [0.5, 0.6) is 0 Å². The zero-order chi connectivity index (χ0) is 21.8. The lowest BCUT2D eigenvalue weighted by atomic mass is 9.94. The molecule has 4 N–H and O–H groups in total. The molecule has 0 heterocycles. The number of rotatable bonds is 2.